The third-order valence-corrected chi connectivity index (χ3v) is 5.20. The van der Waals surface area contributed by atoms with Crippen molar-refractivity contribution in [2.24, 2.45) is 5.41 Å². The van der Waals surface area contributed by atoms with Crippen LogP contribution in [0.3, 0.4) is 0 Å². The Balaban J connectivity index is 1.55. The van der Waals surface area contributed by atoms with Gasteiger partial charge in [0.1, 0.15) is 0 Å². The fourth-order valence-electron chi connectivity index (χ4n) is 3.99. The Labute approximate surface area is 115 Å². The number of hydrogen-bond donors (Lipinski definition) is 0. The van der Waals surface area contributed by atoms with Crippen molar-refractivity contribution in [1.29, 1.82) is 0 Å². The highest BCUT2D eigenvalue weighted by Crippen LogP contribution is 2.43. The standard InChI is InChI=1S/C15H24N2O2/c18-13-5-4-9-16(13)11-14(19)17-10-8-15(12-17)6-2-1-3-7-15/h1-12H2. The maximum atomic E-state index is 12.3. The van der Waals surface area contributed by atoms with E-state index in [2.05, 4.69) is 0 Å². The fraction of sp³-hybridized carbons (Fsp3) is 0.867. The Morgan fingerprint density at radius 1 is 1.05 bits per heavy atom. The number of nitrogens with zero attached hydrogens (tertiary/aromatic N) is 2. The summed E-state index contributed by atoms with van der Waals surface area (Å²) < 4.78 is 0. The van der Waals surface area contributed by atoms with E-state index in [9.17, 15) is 9.59 Å². The fourth-order valence-corrected chi connectivity index (χ4v) is 3.99. The van der Waals surface area contributed by atoms with E-state index in [1.807, 2.05) is 4.90 Å². The van der Waals surface area contributed by atoms with Crippen LogP contribution in [0.1, 0.15) is 51.4 Å². The van der Waals surface area contributed by atoms with Crippen molar-refractivity contribution in [3.8, 4) is 0 Å². The first-order chi connectivity index (χ1) is 9.19. The van der Waals surface area contributed by atoms with Crippen LogP contribution in [0.25, 0.3) is 0 Å². The Kier molecular flexibility index (Phi) is 3.50. The second-order valence-electron chi connectivity index (χ2n) is 6.54. The second-order valence-corrected chi connectivity index (χ2v) is 6.54. The number of amides is 2. The summed E-state index contributed by atoms with van der Waals surface area (Å²) in [6, 6.07) is 0. The first-order valence-corrected chi connectivity index (χ1v) is 7.74. The first-order valence-electron chi connectivity index (χ1n) is 7.74. The van der Waals surface area contributed by atoms with Gasteiger partial charge in [0.15, 0.2) is 0 Å². The molecular formula is C15H24N2O2. The van der Waals surface area contributed by atoms with Gasteiger partial charge in [0.2, 0.25) is 11.8 Å². The third kappa shape index (κ3) is 2.63. The van der Waals surface area contributed by atoms with Crippen molar-refractivity contribution >= 4 is 11.8 Å². The molecule has 2 heterocycles. The van der Waals surface area contributed by atoms with E-state index in [0.29, 0.717) is 18.4 Å². The Bertz CT molecular complexity index is 374. The summed E-state index contributed by atoms with van der Waals surface area (Å²) in [4.78, 5) is 27.6. The normalized spacial score (nSPS) is 26.4. The molecule has 4 nitrogen and oxygen atoms in total. The van der Waals surface area contributed by atoms with Crippen molar-refractivity contribution in [2.45, 2.75) is 51.4 Å². The van der Waals surface area contributed by atoms with Crippen LogP contribution < -0.4 is 0 Å². The van der Waals surface area contributed by atoms with Gasteiger partial charge >= 0.3 is 0 Å². The van der Waals surface area contributed by atoms with Gasteiger partial charge in [0.25, 0.3) is 0 Å². The minimum atomic E-state index is 0.153. The van der Waals surface area contributed by atoms with Crippen molar-refractivity contribution in [3.05, 3.63) is 0 Å². The van der Waals surface area contributed by atoms with Crippen LogP contribution in [0.2, 0.25) is 0 Å². The average Bonchev–Trinajstić information content (AvgIpc) is 2.99. The lowest BCUT2D eigenvalue weighted by atomic mass is 9.73. The minimum absolute atomic E-state index is 0.153. The lowest BCUT2D eigenvalue weighted by Crippen LogP contribution is -2.41. The molecule has 0 aromatic rings. The summed E-state index contributed by atoms with van der Waals surface area (Å²) in [6.45, 7) is 2.92. The van der Waals surface area contributed by atoms with Gasteiger partial charge in [-0.05, 0) is 31.1 Å². The maximum absolute atomic E-state index is 12.3. The molecule has 0 aromatic heterocycles. The predicted molar refractivity (Wildman–Crippen MR) is 72.5 cm³/mol. The van der Waals surface area contributed by atoms with Crippen LogP contribution in [0.15, 0.2) is 0 Å². The highest BCUT2D eigenvalue weighted by molar-refractivity contribution is 5.86. The summed E-state index contributed by atoms with van der Waals surface area (Å²) in [6.07, 6.45) is 9.30. The lowest BCUT2D eigenvalue weighted by Gasteiger charge is -2.33. The third-order valence-electron chi connectivity index (χ3n) is 5.20. The minimum Gasteiger partial charge on any atom is -0.341 e. The molecule has 4 heteroatoms. The van der Waals surface area contributed by atoms with Crippen LogP contribution in [-0.4, -0.2) is 47.8 Å². The maximum Gasteiger partial charge on any atom is 0.242 e. The topological polar surface area (TPSA) is 40.6 Å². The Morgan fingerprint density at radius 2 is 1.84 bits per heavy atom. The molecule has 0 bridgehead atoms. The van der Waals surface area contributed by atoms with E-state index in [1.54, 1.807) is 4.90 Å². The van der Waals surface area contributed by atoms with E-state index < -0.39 is 0 Å². The molecule has 0 radical (unpaired) electrons. The molecule has 1 aliphatic carbocycles. The molecular weight excluding hydrogens is 240 g/mol. The molecule has 3 fully saturated rings. The molecule has 3 aliphatic rings. The number of carbonyl (C=O) groups excluding carboxylic acids is 2. The number of carbonyl (C=O) groups is 2. The van der Waals surface area contributed by atoms with Crippen molar-refractivity contribution in [3.63, 3.8) is 0 Å². The quantitative estimate of drug-likeness (QED) is 0.763. The Hall–Kier alpha value is -1.06. The van der Waals surface area contributed by atoms with Crippen molar-refractivity contribution < 1.29 is 9.59 Å². The van der Waals surface area contributed by atoms with E-state index in [4.69, 9.17) is 0 Å². The summed E-state index contributed by atoms with van der Waals surface area (Å²) in [7, 11) is 0. The molecule has 2 aliphatic heterocycles. The molecule has 0 unspecified atom stereocenters. The molecule has 19 heavy (non-hydrogen) atoms. The molecule has 0 aromatic carbocycles. The zero-order valence-corrected chi connectivity index (χ0v) is 11.7. The van der Waals surface area contributed by atoms with Crippen LogP contribution in [-0.2, 0) is 9.59 Å². The number of rotatable bonds is 2. The van der Waals surface area contributed by atoms with Crippen LogP contribution >= 0.6 is 0 Å². The van der Waals surface area contributed by atoms with E-state index in [1.165, 1.54) is 38.5 Å². The van der Waals surface area contributed by atoms with E-state index in [-0.39, 0.29) is 11.8 Å². The van der Waals surface area contributed by atoms with Crippen LogP contribution in [0.4, 0.5) is 0 Å². The largest absolute Gasteiger partial charge is 0.341 e. The van der Waals surface area contributed by atoms with Gasteiger partial charge in [-0.1, -0.05) is 19.3 Å². The number of hydrogen-bond acceptors (Lipinski definition) is 2. The summed E-state index contributed by atoms with van der Waals surface area (Å²) in [5.74, 6) is 0.317. The molecule has 2 saturated heterocycles. The molecule has 0 N–H and O–H groups in total. The zero-order valence-electron chi connectivity index (χ0n) is 11.7. The SMILES string of the molecule is O=C1CCCN1CC(=O)N1CCC2(CCCCC2)C1. The molecule has 1 spiro atoms. The van der Waals surface area contributed by atoms with Gasteiger partial charge in [-0.25, -0.2) is 0 Å². The summed E-state index contributed by atoms with van der Waals surface area (Å²) in [5, 5.41) is 0. The summed E-state index contributed by atoms with van der Waals surface area (Å²) >= 11 is 0. The monoisotopic (exact) mass is 264 g/mol. The van der Waals surface area contributed by atoms with Gasteiger partial charge < -0.3 is 9.80 Å². The van der Waals surface area contributed by atoms with E-state index >= 15 is 0 Å². The molecule has 1 saturated carbocycles. The summed E-state index contributed by atoms with van der Waals surface area (Å²) in [5.41, 5.74) is 0.420. The number of likely N-dealkylation sites (tertiary alicyclic amines) is 2. The molecule has 2 amide bonds. The highest BCUT2D eigenvalue weighted by atomic mass is 16.2. The van der Waals surface area contributed by atoms with Gasteiger partial charge in [0, 0.05) is 26.1 Å². The van der Waals surface area contributed by atoms with Gasteiger partial charge in [-0.2, -0.15) is 0 Å². The van der Waals surface area contributed by atoms with Gasteiger partial charge in [0.05, 0.1) is 6.54 Å². The van der Waals surface area contributed by atoms with Gasteiger partial charge in [-0.15, -0.1) is 0 Å². The molecule has 106 valence electrons. The first kappa shape index (κ1) is 12.9. The highest BCUT2D eigenvalue weighted by Gasteiger charge is 2.40. The van der Waals surface area contributed by atoms with Crippen LogP contribution in [0, 0.1) is 5.41 Å². The Morgan fingerprint density at radius 3 is 2.53 bits per heavy atom. The smallest absolute Gasteiger partial charge is 0.242 e. The van der Waals surface area contributed by atoms with Crippen molar-refractivity contribution in [2.75, 3.05) is 26.2 Å². The molecule has 0 atom stereocenters. The molecule has 3 rings (SSSR count). The van der Waals surface area contributed by atoms with Crippen molar-refractivity contribution in [1.82, 2.24) is 9.80 Å². The predicted octanol–water partition coefficient (Wildman–Crippen LogP) is 1.79. The zero-order chi connectivity index (χ0) is 13.3. The lowest BCUT2D eigenvalue weighted by molar-refractivity contribution is -0.138. The second kappa shape index (κ2) is 5.14. The van der Waals surface area contributed by atoms with E-state index in [0.717, 1.165) is 26.1 Å². The van der Waals surface area contributed by atoms with Crippen LogP contribution in [0.5, 0.6) is 0 Å². The van der Waals surface area contributed by atoms with Gasteiger partial charge in [-0.3, -0.25) is 9.59 Å². The average molecular weight is 264 g/mol.